The van der Waals surface area contributed by atoms with E-state index in [4.69, 9.17) is 5.26 Å². The highest BCUT2D eigenvalue weighted by Gasteiger charge is 2.00. The Bertz CT molecular complexity index is 137. The highest BCUT2D eigenvalue weighted by Crippen LogP contribution is 1.97. The maximum atomic E-state index is 10.5. The van der Waals surface area contributed by atoms with Crippen molar-refractivity contribution < 1.29 is 19.7 Å². The number of esters is 1. The average molecular weight is 160 g/mol. The third-order valence-corrected chi connectivity index (χ3v) is 1.19. The maximum absolute atomic E-state index is 10.5. The molecule has 0 aromatic rings. The fourth-order valence-corrected chi connectivity index (χ4v) is 0.500. The molecule has 0 bridgehead atoms. The van der Waals surface area contributed by atoms with Crippen LogP contribution in [0.15, 0.2) is 12.2 Å². The van der Waals surface area contributed by atoms with Gasteiger partial charge < -0.3 is 4.74 Å². The van der Waals surface area contributed by atoms with E-state index in [1.54, 1.807) is 0 Å². The van der Waals surface area contributed by atoms with Gasteiger partial charge in [0.15, 0.2) is 0 Å². The van der Waals surface area contributed by atoms with E-state index in [-0.39, 0.29) is 0 Å². The summed E-state index contributed by atoms with van der Waals surface area (Å²) in [5.74, 6) is -0.458. The lowest BCUT2D eigenvalue weighted by Crippen LogP contribution is -2.06. The molecule has 0 fully saturated rings. The van der Waals surface area contributed by atoms with Crippen LogP contribution >= 0.6 is 0 Å². The van der Waals surface area contributed by atoms with Gasteiger partial charge in [-0.2, -0.15) is 0 Å². The minimum absolute atomic E-state index is 0.436. The summed E-state index contributed by atoms with van der Waals surface area (Å²) in [7, 11) is 1.29. The SMILES string of the molecule is CC[C@@H](/C=C/C(=O)OC)OO. The van der Waals surface area contributed by atoms with Gasteiger partial charge in [-0.05, 0) is 12.5 Å². The Balaban J connectivity index is 3.78. The number of hydrogen-bond acceptors (Lipinski definition) is 4. The van der Waals surface area contributed by atoms with Crippen LogP contribution in [0, 0.1) is 0 Å². The van der Waals surface area contributed by atoms with Crippen LogP contribution < -0.4 is 0 Å². The molecule has 1 atom stereocenters. The highest BCUT2D eigenvalue weighted by atomic mass is 17.1. The average Bonchev–Trinajstić information content (AvgIpc) is 2.06. The third-order valence-electron chi connectivity index (χ3n) is 1.19. The summed E-state index contributed by atoms with van der Waals surface area (Å²) in [5.41, 5.74) is 0. The molecule has 4 heteroatoms. The summed E-state index contributed by atoms with van der Waals surface area (Å²) < 4.78 is 4.33. The molecular formula is C7H12O4. The van der Waals surface area contributed by atoms with E-state index in [1.165, 1.54) is 19.3 Å². The van der Waals surface area contributed by atoms with Crippen molar-refractivity contribution in [2.75, 3.05) is 7.11 Å². The highest BCUT2D eigenvalue weighted by molar-refractivity contribution is 5.81. The van der Waals surface area contributed by atoms with Crippen LogP contribution in [-0.4, -0.2) is 24.4 Å². The number of rotatable bonds is 4. The molecule has 0 aliphatic carbocycles. The Labute approximate surface area is 65.4 Å². The molecule has 0 saturated carbocycles. The number of carbonyl (C=O) groups is 1. The van der Waals surface area contributed by atoms with Crippen molar-refractivity contribution in [2.24, 2.45) is 0 Å². The molecule has 0 rings (SSSR count). The zero-order chi connectivity index (χ0) is 8.69. The van der Waals surface area contributed by atoms with Gasteiger partial charge >= 0.3 is 5.97 Å². The zero-order valence-corrected chi connectivity index (χ0v) is 6.61. The summed E-state index contributed by atoms with van der Waals surface area (Å²) in [6.07, 6.45) is 2.81. The van der Waals surface area contributed by atoms with E-state index in [0.717, 1.165) is 0 Å². The van der Waals surface area contributed by atoms with E-state index in [9.17, 15) is 4.79 Å². The lowest BCUT2D eigenvalue weighted by Gasteiger charge is -2.02. The van der Waals surface area contributed by atoms with Gasteiger partial charge in [-0.15, -0.1) is 0 Å². The van der Waals surface area contributed by atoms with Crippen LogP contribution in [0.4, 0.5) is 0 Å². The monoisotopic (exact) mass is 160 g/mol. The molecule has 0 spiro atoms. The van der Waals surface area contributed by atoms with Crippen LogP contribution in [-0.2, 0) is 14.4 Å². The summed E-state index contributed by atoms with van der Waals surface area (Å²) >= 11 is 0. The van der Waals surface area contributed by atoms with Crippen molar-refractivity contribution in [2.45, 2.75) is 19.4 Å². The van der Waals surface area contributed by atoms with Gasteiger partial charge in [0.1, 0.15) is 6.10 Å². The maximum Gasteiger partial charge on any atom is 0.330 e. The largest absolute Gasteiger partial charge is 0.466 e. The first-order valence-electron chi connectivity index (χ1n) is 3.31. The van der Waals surface area contributed by atoms with Gasteiger partial charge in [0.2, 0.25) is 0 Å². The van der Waals surface area contributed by atoms with E-state index in [0.29, 0.717) is 6.42 Å². The van der Waals surface area contributed by atoms with Gasteiger partial charge in [-0.1, -0.05) is 6.92 Å². The zero-order valence-electron chi connectivity index (χ0n) is 6.61. The van der Waals surface area contributed by atoms with Crippen molar-refractivity contribution in [3.05, 3.63) is 12.2 Å². The fourth-order valence-electron chi connectivity index (χ4n) is 0.500. The molecule has 0 heterocycles. The number of ether oxygens (including phenoxy) is 1. The summed E-state index contributed by atoms with van der Waals surface area (Å²) in [6.45, 7) is 1.82. The second kappa shape index (κ2) is 5.88. The van der Waals surface area contributed by atoms with Crippen LogP contribution in [0.3, 0.4) is 0 Å². The quantitative estimate of drug-likeness (QED) is 0.288. The van der Waals surface area contributed by atoms with Gasteiger partial charge in [-0.3, -0.25) is 5.26 Å². The van der Waals surface area contributed by atoms with Gasteiger partial charge in [0, 0.05) is 6.08 Å². The van der Waals surface area contributed by atoms with Crippen LogP contribution in [0.1, 0.15) is 13.3 Å². The molecule has 0 aliphatic heterocycles. The van der Waals surface area contributed by atoms with Crippen LogP contribution in [0.2, 0.25) is 0 Å². The summed E-state index contributed by atoms with van der Waals surface area (Å²) in [5, 5.41) is 8.21. The molecule has 0 aromatic carbocycles. The molecule has 0 aromatic heterocycles. The minimum Gasteiger partial charge on any atom is -0.466 e. The molecule has 0 aliphatic rings. The minimum atomic E-state index is -0.458. The Morgan fingerprint density at radius 1 is 1.73 bits per heavy atom. The second-order valence-corrected chi connectivity index (χ2v) is 1.93. The van der Waals surface area contributed by atoms with Crippen molar-refractivity contribution >= 4 is 5.97 Å². The van der Waals surface area contributed by atoms with Crippen molar-refractivity contribution in [3.63, 3.8) is 0 Å². The predicted octanol–water partition coefficient (Wildman–Crippen LogP) is 0.984. The van der Waals surface area contributed by atoms with E-state index in [2.05, 4.69) is 9.62 Å². The summed E-state index contributed by atoms with van der Waals surface area (Å²) in [4.78, 5) is 14.5. The third kappa shape index (κ3) is 4.52. The molecule has 0 radical (unpaired) electrons. The second-order valence-electron chi connectivity index (χ2n) is 1.93. The Hall–Kier alpha value is -0.870. The summed E-state index contributed by atoms with van der Waals surface area (Å²) in [6, 6.07) is 0. The smallest absolute Gasteiger partial charge is 0.330 e. The standard InChI is InChI=1S/C7H12O4/c1-3-6(11-9)4-5-7(8)10-2/h4-6,9H,3H2,1-2H3/b5-4+/t6-/m0/s1. The number of carbonyl (C=O) groups excluding carboxylic acids is 1. The lowest BCUT2D eigenvalue weighted by atomic mass is 10.2. The topological polar surface area (TPSA) is 55.8 Å². The molecule has 0 saturated heterocycles. The van der Waals surface area contributed by atoms with Crippen molar-refractivity contribution in [3.8, 4) is 0 Å². The molecular weight excluding hydrogens is 148 g/mol. The molecule has 4 nitrogen and oxygen atoms in total. The van der Waals surface area contributed by atoms with Gasteiger partial charge in [0.05, 0.1) is 7.11 Å². The van der Waals surface area contributed by atoms with Gasteiger partial charge in [0.25, 0.3) is 0 Å². The molecule has 11 heavy (non-hydrogen) atoms. The van der Waals surface area contributed by atoms with E-state index in [1.807, 2.05) is 6.92 Å². The lowest BCUT2D eigenvalue weighted by molar-refractivity contribution is -0.266. The Kier molecular flexibility index (Phi) is 5.42. The molecule has 0 unspecified atom stereocenters. The number of hydrogen-bond donors (Lipinski definition) is 1. The normalized spacial score (nSPS) is 13.4. The number of methoxy groups -OCH3 is 1. The van der Waals surface area contributed by atoms with Gasteiger partial charge in [-0.25, -0.2) is 9.68 Å². The first kappa shape index (κ1) is 10.1. The molecule has 64 valence electrons. The first-order chi connectivity index (χ1) is 5.24. The Morgan fingerprint density at radius 3 is 2.73 bits per heavy atom. The van der Waals surface area contributed by atoms with E-state index >= 15 is 0 Å². The van der Waals surface area contributed by atoms with Crippen molar-refractivity contribution in [1.29, 1.82) is 0 Å². The fraction of sp³-hybridized carbons (Fsp3) is 0.571. The van der Waals surface area contributed by atoms with Crippen molar-refractivity contribution in [1.82, 2.24) is 0 Å². The van der Waals surface area contributed by atoms with E-state index < -0.39 is 12.1 Å². The molecule has 1 N–H and O–H groups in total. The van der Waals surface area contributed by atoms with Crippen LogP contribution in [0.5, 0.6) is 0 Å². The first-order valence-corrected chi connectivity index (χ1v) is 3.31. The van der Waals surface area contributed by atoms with Crippen LogP contribution in [0.25, 0.3) is 0 Å². The predicted molar refractivity (Wildman–Crippen MR) is 38.9 cm³/mol. The Morgan fingerprint density at radius 2 is 2.36 bits per heavy atom. The molecule has 0 amide bonds.